The minimum Gasteiger partial charge on any atom is -0.395 e. The van der Waals surface area contributed by atoms with Gasteiger partial charge in [-0.25, -0.2) is 4.98 Å². The van der Waals surface area contributed by atoms with E-state index in [1.807, 2.05) is 80.5 Å². The van der Waals surface area contributed by atoms with Gasteiger partial charge in [0.1, 0.15) is 0 Å². The van der Waals surface area contributed by atoms with E-state index in [2.05, 4.69) is 20.5 Å². The summed E-state index contributed by atoms with van der Waals surface area (Å²) in [6.45, 7) is 5.07. The summed E-state index contributed by atoms with van der Waals surface area (Å²) in [6.07, 6.45) is 3.50. The van der Waals surface area contributed by atoms with Gasteiger partial charge in [-0.3, -0.25) is 0 Å². The second kappa shape index (κ2) is 12.4. The molecule has 160 valence electrons. The van der Waals surface area contributed by atoms with Gasteiger partial charge in [0.05, 0.1) is 18.9 Å². The maximum Gasteiger partial charge on any atom is 0.249 e. The standard InChI is InChI=1S/C20H24N6O2.C2H6/c1-25-11-10-21-20(25)24-23-18-4-2-16(3-5-18)22-17-6-8-19(9-7-17)26(12-14-27)13-15-28;1-2/h2-11,22,27-28H,12-15H2,1H3;1-2H3. The molecule has 3 N–H and O–H groups in total. The van der Waals surface area contributed by atoms with Crippen LogP contribution in [0.5, 0.6) is 0 Å². The first-order chi connectivity index (χ1) is 14.7. The Morgan fingerprint density at radius 3 is 1.97 bits per heavy atom. The summed E-state index contributed by atoms with van der Waals surface area (Å²) in [7, 11) is 1.87. The molecule has 0 unspecified atom stereocenters. The summed E-state index contributed by atoms with van der Waals surface area (Å²) < 4.78 is 1.80. The average Bonchev–Trinajstić information content (AvgIpc) is 3.20. The topological polar surface area (TPSA) is 98.3 Å². The van der Waals surface area contributed by atoms with E-state index < -0.39 is 0 Å². The number of aromatic nitrogens is 2. The molecule has 8 nitrogen and oxygen atoms in total. The quantitative estimate of drug-likeness (QED) is 0.454. The van der Waals surface area contributed by atoms with Gasteiger partial charge in [-0.2, -0.15) is 0 Å². The predicted octanol–water partition coefficient (Wildman–Crippen LogP) is 4.40. The summed E-state index contributed by atoms with van der Waals surface area (Å²) in [5.41, 5.74) is 3.58. The zero-order valence-electron chi connectivity index (χ0n) is 17.7. The Morgan fingerprint density at radius 2 is 1.47 bits per heavy atom. The average molecular weight is 411 g/mol. The third kappa shape index (κ3) is 6.68. The predicted molar refractivity (Wildman–Crippen MR) is 121 cm³/mol. The Bertz CT molecular complexity index is 885. The lowest BCUT2D eigenvalue weighted by Gasteiger charge is -2.23. The van der Waals surface area contributed by atoms with Crippen molar-refractivity contribution < 1.29 is 10.2 Å². The van der Waals surface area contributed by atoms with Gasteiger partial charge in [-0.1, -0.05) is 13.8 Å². The number of nitrogens with zero attached hydrogens (tertiary/aromatic N) is 5. The lowest BCUT2D eigenvalue weighted by atomic mass is 10.2. The van der Waals surface area contributed by atoms with E-state index in [-0.39, 0.29) is 13.2 Å². The minimum absolute atomic E-state index is 0.0455. The number of anilines is 3. The molecule has 0 amide bonds. The van der Waals surface area contributed by atoms with Crippen LogP contribution in [0.4, 0.5) is 28.7 Å². The van der Waals surface area contributed by atoms with Crippen LogP contribution in [0.1, 0.15) is 13.8 Å². The highest BCUT2D eigenvalue weighted by Crippen LogP contribution is 2.24. The molecule has 0 spiro atoms. The Labute approximate surface area is 177 Å². The largest absolute Gasteiger partial charge is 0.395 e. The fraction of sp³-hybridized carbons (Fsp3) is 0.318. The van der Waals surface area contributed by atoms with E-state index in [1.54, 1.807) is 10.8 Å². The number of nitrogens with one attached hydrogen (secondary N) is 1. The van der Waals surface area contributed by atoms with Gasteiger partial charge in [0.2, 0.25) is 5.95 Å². The van der Waals surface area contributed by atoms with E-state index in [0.29, 0.717) is 19.0 Å². The Hall–Kier alpha value is -3.23. The Balaban J connectivity index is 0.00000155. The number of hydrogen-bond acceptors (Lipinski definition) is 7. The van der Waals surface area contributed by atoms with Crippen LogP contribution in [0.15, 0.2) is 71.2 Å². The molecule has 0 aliphatic rings. The summed E-state index contributed by atoms with van der Waals surface area (Å²) in [5, 5.41) is 29.9. The van der Waals surface area contributed by atoms with Crippen LogP contribution >= 0.6 is 0 Å². The van der Waals surface area contributed by atoms with Gasteiger partial charge < -0.3 is 25.0 Å². The van der Waals surface area contributed by atoms with Crippen molar-refractivity contribution in [2.75, 3.05) is 36.5 Å². The second-order valence-corrected chi connectivity index (χ2v) is 6.19. The minimum atomic E-state index is 0.0455. The molecular formula is C22H30N6O2. The molecule has 1 heterocycles. The van der Waals surface area contributed by atoms with Gasteiger partial charge in [-0.15, -0.1) is 10.2 Å². The third-order valence-corrected chi connectivity index (χ3v) is 4.18. The summed E-state index contributed by atoms with van der Waals surface area (Å²) >= 11 is 0. The van der Waals surface area contributed by atoms with Crippen molar-refractivity contribution in [1.82, 2.24) is 9.55 Å². The van der Waals surface area contributed by atoms with Crippen molar-refractivity contribution >= 4 is 28.7 Å². The Kier molecular flexibility index (Phi) is 9.50. The van der Waals surface area contributed by atoms with E-state index in [1.165, 1.54) is 0 Å². The maximum absolute atomic E-state index is 9.15. The number of azo groups is 1. The first-order valence-corrected chi connectivity index (χ1v) is 10.0. The van der Waals surface area contributed by atoms with Crippen molar-refractivity contribution in [3.63, 3.8) is 0 Å². The van der Waals surface area contributed by atoms with E-state index in [4.69, 9.17) is 10.2 Å². The smallest absolute Gasteiger partial charge is 0.249 e. The number of aliphatic hydroxyl groups excluding tert-OH is 2. The molecule has 0 radical (unpaired) electrons. The molecule has 0 aliphatic heterocycles. The zero-order chi connectivity index (χ0) is 21.8. The van der Waals surface area contributed by atoms with Gasteiger partial charge in [-0.05, 0) is 48.5 Å². The second-order valence-electron chi connectivity index (χ2n) is 6.19. The molecule has 8 heteroatoms. The highest BCUT2D eigenvalue weighted by Gasteiger charge is 2.05. The van der Waals surface area contributed by atoms with Crippen LogP contribution < -0.4 is 10.2 Å². The molecule has 3 aromatic rings. The van der Waals surface area contributed by atoms with Gasteiger partial charge in [0.25, 0.3) is 0 Å². The van der Waals surface area contributed by atoms with Crippen molar-refractivity contribution in [3.05, 3.63) is 60.9 Å². The number of benzene rings is 2. The maximum atomic E-state index is 9.15. The number of aryl methyl sites for hydroxylation is 1. The first-order valence-electron chi connectivity index (χ1n) is 10.0. The van der Waals surface area contributed by atoms with E-state index in [9.17, 15) is 0 Å². The normalized spacial score (nSPS) is 10.6. The van der Waals surface area contributed by atoms with Crippen molar-refractivity contribution in [2.24, 2.45) is 17.3 Å². The molecule has 1 aromatic heterocycles. The summed E-state index contributed by atoms with van der Waals surface area (Å²) in [6, 6.07) is 15.5. The fourth-order valence-electron chi connectivity index (χ4n) is 2.70. The van der Waals surface area contributed by atoms with Crippen LogP contribution in [0.25, 0.3) is 0 Å². The molecule has 0 saturated carbocycles. The molecule has 0 atom stereocenters. The van der Waals surface area contributed by atoms with Gasteiger partial charge in [0, 0.05) is 49.6 Å². The van der Waals surface area contributed by atoms with Crippen LogP contribution in [0.3, 0.4) is 0 Å². The van der Waals surface area contributed by atoms with Crippen molar-refractivity contribution in [2.45, 2.75) is 13.8 Å². The number of aliphatic hydroxyl groups is 2. The number of hydrogen-bond donors (Lipinski definition) is 3. The highest BCUT2D eigenvalue weighted by molar-refractivity contribution is 5.64. The third-order valence-electron chi connectivity index (χ3n) is 4.18. The molecule has 3 rings (SSSR count). The van der Waals surface area contributed by atoms with E-state index in [0.717, 1.165) is 22.7 Å². The van der Waals surface area contributed by atoms with Gasteiger partial charge >= 0.3 is 0 Å². The Morgan fingerprint density at radius 1 is 0.900 bits per heavy atom. The van der Waals surface area contributed by atoms with Crippen LogP contribution in [-0.4, -0.2) is 46.1 Å². The van der Waals surface area contributed by atoms with Crippen LogP contribution in [0.2, 0.25) is 0 Å². The molecule has 0 fully saturated rings. The molecule has 0 saturated heterocycles. The van der Waals surface area contributed by atoms with Crippen molar-refractivity contribution in [3.8, 4) is 0 Å². The molecule has 0 aliphatic carbocycles. The van der Waals surface area contributed by atoms with E-state index >= 15 is 0 Å². The SMILES string of the molecule is CC.Cn1ccnc1N=Nc1ccc(Nc2ccc(N(CCO)CCO)cc2)cc1. The van der Waals surface area contributed by atoms with Crippen molar-refractivity contribution in [1.29, 1.82) is 0 Å². The summed E-state index contributed by atoms with van der Waals surface area (Å²) in [4.78, 5) is 6.04. The molecule has 2 aromatic carbocycles. The highest BCUT2D eigenvalue weighted by atomic mass is 16.3. The zero-order valence-corrected chi connectivity index (χ0v) is 17.7. The van der Waals surface area contributed by atoms with Crippen LogP contribution in [0, 0.1) is 0 Å². The lowest BCUT2D eigenvalue weighted by Crippen LogP contribution is -2.29. The summed E-state index contributed by atoms with van der Waals surface area (Å²) in [5.74, 6) is 0.554. The van der Waals surface area contributed by atoms with Crippen LogP contribution in [-0.2, 0) is 7.05 Å². The monoisotopic (exact) mass is 410 g/mol. The molecule has 0 bridgehead atoms. The lowest BCUT2D eigenvalue weighted by molar-refractivity contribution is 0.281. The number of rotatable bonds is 9. The molecular weight excluding hydrogens is 380 g/mol. The first kappa shape index (κ1) is 23.1. The number of imidazole rings is 1. The molecule has 30 heavy (non-hydrogen) atoms. The fourth-order valence-corrected chi connectivity index (χ4v) is 2.70. The van der Waals surface area contributed by atoms with Gasteiger partial charge in [0.15, 0.2) is 0 Å².